The van der Waals surface area contributed by atoms with E-state index in [-0.39, 0.29) is 22.4 Å². The van der Waals surface area contributed by atoms with Crippen LogP contribution >= 0.6 is 0 Å². The summed E-state index contributed by atoms with van der Waals surface area (Å²) in [6, 6.07) is 12.7. The number of hydrogen-bond acceptors (Lipinski definition) is 3. The van der Waals surface area contributed by atoms with E-state index >= 15 is 0 Å². The van der Waals surface area contributed by atoms with Crippen LogP contribution in [0.4, 0.5) is 13.2 Å². The Kier molecular flexibility index (Phi) is 4.80. The molecular formula is C23H17F3N2O3. The van der Waals surface area contributed by atoms with Crippen LogP contribution in [0.1, 0.15) is 48.0 Å². The van der Waals surface area contributed by atoms with E-state index in [2.05, 4.69) is 0 Å². The van der Waals surface area contributed by atoms with Crippen LogP contribution < -0.4 is 0 Å². The van der Waals surface area contributed by atoms with Gasteiger partial charge in [-0.05, 0) is 50.2 Å². The topological polar surface area (TPSA) is 59.4 Å². The SMILES string of the molecule is Cc1cc(C(=O)CN2C(=O)c3ccccc3C2=O)c(C)n1-c1cccc(C(F)(F)F)c1. The number of Topliss-reactive ketones (excluding diaryl/α,β-unsaturated/α-hetero) is 1. The van der Waals surface area contributed by atoms with E-state index in [1.165, 1.54) is 24.3 Å². The number of halogens is 3. The molecule has 0 radical (unpaired) electrons. The molecule has 2 amide bonds. The fraction of sp³-hybridized carbons (Fsp3) is 0.174. The Morgan fingerprint density at radius 3 is 2.10 bits per heavy atom. The van der Waals surface area contributed by atoms with Gasteiger partial charge in [0, 0.05) is 22.6 Å². The smallest absolute Gasteiger partial charge is 0.318 e. The molecule has 0 saturated carbocycles. The number of benzene rings is 2. The van der Waals surface area contributed by atoms with Gasteiger partial charge in [-0.3, -0.25) is 19.3 Å². The number of carbonyl (C=O) groups is 3. The Bertz CT molecular complexity index is 1210. The Hall–Kier alpha value is -3.68. The van der Waals surface area contributed by atoms with Crippen LogP contribution in [0.5, 0.6) is 0 Å². The Morgan fingerprint density at radius 1 is 0.903 bits per heavy atom. The zero-order valence-electron chi connectivity index (χ0n) is 16.7. The van der Waals surface area contributed by atoms with E-state index < -0.39 is 35.9 Å². The van der Waals surface area contributed by atoms with Crippen molar-refractivity contribution in [2.45, 2.75) is 20.0 Å². The third-order valence-corrected chi connectivity index (χ3v) is 5.34. The standard InChI is InChI=1S/C23H17F3N2O3/c1-13-10-19(14(2)28(13)16-7-5-6-15(11-16)23(24,25)26)20(29)12-27-21(30)17-8-3-4-9-18(17)22(27)31/h3-11H,12H2,1-2H3. The van der Waals surface area contributed by atoms with Gasteiger partial charge in [-0.1, -0.05) is 18.2 Å². The molecule has 0 atom stereocenters. The molecule has 0 unspecified atom stereocenters. The van der Waals surface area contributed by atoms with Crippen molar-refractivity contribution in [1.82, 2.24) is 9.47 Å². The van der Waals surface area contributed by atoms with E-state index in [0.29, 0.717) is 11.4 Å². The lowest BCUT2D eigenvalue weighted by atomic mass is 10.1. The van der Waals surface area contributed by atoms with Gasteiger partial charge >= 0.3 is 6.18 Å². The van der Waals surface area contributed by atoms with E-state index in [0.717, 1.165) is 17.0 Å². The van der Waals surface area contributed by atoms with E-state index in [9.17, 15) is 27.6 Å². The highest BCUT2D eigenvalue weighted by Gasteiger charge is 2.37. The molecule has 1 aromatic heterocycles. The summed E-state index contributed by atoms with van der Waals surface area (Å²) in [5.74, 6) is -1.55. The number of hydrogen-bond donors (Lipinski definition) is 0. The van der Waals surface area contributed by atoms with Crippen molar-refractivity contribution < 1.29 is 27.6 Å². The van der Waals surface area contributed by atoms with Gasteiger partial charge in [0.1, 0.15) is 0 Å². The molecule has 0 fully saturated rings. The van der Waals surface area contributed by atoms with E-state index in [4.69, 9.17) is 0 Å². The molecule has 31 heavy (non-hydrogen) atoms. The average molecular weight is 426 g/mol. The van der Waals surface area contributed by atoms with Crippen molar-refractivity contribution in [3.63, 3.8) is 0 Å². The van der Waals surface area contributed by atoms with E-state index in [1.807, 2.05) is 0 Å². The fourth-order valence-corrected chi connectivity index (χ4v) is 3.88. The minimum Gasteiger partial charge on any atom is -0.318 e. The van der Waals surface area contributed by atoms with Crippen LogP contribution in [0.3, 0.4) is 0 Å². The summed E-state index contributed by atoms with van der Waals surface area (Å²) in [7, 11) is 0. The lowest BCUT2D eigenvalue weighted by molar-refractivity contribution is -0.137. The fourth-order valence-electron chi connectivity index (χ4n) is 3.88. The van der Waals surface area contributed by atoms with Crippen molar-refractivity contribution in [3.05, 3.63) is 88.2 Å². The van der Waals surface area contributed by atoms with Gasteiger partial charge in [0.05, 0.1) is 23.2 Å². The number of amides is 2. The second-order valence-corrected chi connectivity index (χ2v) is 7.33. The lowest BCUT2D eigenvalue weighted by Gasteiger charge is -2.14. The summed E-state index contributed by atoms with van der Waals surface area (Å²) in [5.41, 5.74) is 1.19. The molecule has 1 aliphatic rings. The second-order valence-electron chi connectivity index (χ2n) is 7.33. The molecule has 2 heterocycles. The molecule has 3 aromatic rings. The van der Waals surface area contributed by atoms with Crippen LogP contribution in [-0.2, 0) is 6.18 Å². The number of rotatable bonds is 4. The number of ketones is 1. The average Bonchev–Trinajstić information content (AvgIpc) is 3.16. The molecule has 5 nitrogen and oxygen atoms in total. The first kappa shape index (κ1) is 20.6. The van der Waals surface area contributed by atoms with Crippen LogP contribution in [0.2, 0.25) is 0 Å². The largest absolute Gasteiger partial charge is 0.416 e. The quantitative estimate of drug-likeness (QED) is 0.453. The van der Waals surface area contributed by atoms with Crippen molar-refractivity contribution in [2.75, 3.05) is 6.54 Å². The molecule has 2 aromatic carbocycles. The predicted octanol–water partition coefficient (Wildman–Crippen LogP) is 4.59. The van der Waals surface area contributed by atoms with Gasteiger partial charge < -0.3 is 4.57 Å². The maximum absolute atomic E-state index is 13.1. The van der Waals surface area contributed by atoms with Crippen LogP contribution in [0.15, 0.2) is 54.6 Å². The summed E-state index contributed by atoms with van der Waals surface area (Å²) < 4.78 is 40.8. The van der Waals surface area contributed by atoms with Crippen molar-refractivity contribution in [3.8, 4) is 5.69 Å². The number of carbonyl (C=O) groups excluding carboxylic acids is 3. The normalized spacial score (nSPS) is 13.6. The molecule has 158 valence electrons. The van der Waals surface area contributed by atoms with Gasteiger partial charge in [0.25, 0.3) is 11.8 Å². The highest BCUT2D eigenvalue weighted by atomic mass is 19.4. The highest BCUT2D eigenvalue weighted by molar-refractivity contribution is 6.23. The van der Waals surface area contributed by atoms with Crippen LogP contribution in [0.25, 0.3) is 5.69 Å². The van der Waals surface area contributed by atoms with Gasteiger partial charge in [-0.15, -0.1) is 0 Å². The molecule has 0 aliphatic carbocycles. The van der Waals surface area contributed by atoms with Gasteiger partial charge in [0.15, 0.2) is 5.78 Å². The Balaban J connectivity index is 1.65. The van der Waals surface area contributed by atoms with Gasteiger partial charge in [0.2, 0.25) is 0 Å². The first-order valence-corrected chi connectivity index (χ1v) is 9.44. The van der Waals surface area contributed by atoms with Crippen molar-refractivity contribution in [1.29, 1.82) is 0 Å². The monoisotopic (exact) mass is 426 g/mol. The predicted molar refractivity (Wildman–Crippen MR) is 106 cm³/mol. The molecule has 0 bridgehead atoms. The number of fused-ring (bicyclic) bond motifs is 1. The minimum absolute atomic E-state index is 0.242. The van der Waals surface area contributed by atoms with Crippen molar-refractivity contribution >= 4 is 17.6 Å². The second kappa shape index (κ2) is 7.23. The first-order chi connectivity index (χ1) is 14.6. The summed E-state index contributed by atoms with van der Waals surface area (Å²) in [6.07, 6.45) is -4.49. The third-order valence-electron chi connectivity index (χ3n) is 5.34. The number of alkyl halides is 3. The maximum atomic E-state index is 13.1. The number of aromatic nitrogens is 1. The van der Waals surface area contributed by atoms with Crippen LogP contribution in [-0.4, -0.2) is 33.6 Å². The number of imide groups is 1. The summed E-state index contributed by atoms with van der Waals surface area (Å²) >= 11 is 0. The zero-order valence-corrected chi connectivity index (χ0v) is 16.7. The summed E-state index contributed by atoms with van der Waals surface area (Å²) in [5, 5.41) is 0. The first-order valence-electron chi connectivity index (χ1n) is 9.44. The Morgan fingerprint density at radius 2 is 1.52 bits per heavy atom. The minimum atomic E-state index is -4.49. The summed E-state index contributed by atoms with van der Waals surface area (Å²) in [6.45, 7) is 2.84. The maximum Gasteiger partial charge on any atom is 0.416 e. The van der Waals surface area contributed by atoms with Gasteiger partial charge in [-0.2, -0.15) is 13.2 Å². The number of nitrogens with zero attached hydrogens (tertiary/aromatic N) is 2. The number of aryl methyl sites for hydroxylation is 1. The van der Waals surface area contributed by atoms with Crippen molar-refractivity contribution in [2.24, 2.45) is 0 Å². The molecule has 4 rings (SSSR count). The van der Waals surface area contributed by atoms with Crippen LogP contribution in [0, 0.1) is 13.8 Å². The lowest BCUT2D eigenvalue weighted by Crippen LogP contribution is -2.35. The zero-order chi connectivity index (χ0) is 22.5. The Labute approximate surface area is 175 Å². The molecule has 1 aliphatic heterocycles. The molecule has 0 spiro atoms. The molecule has 0 N–H and O–H groups in total. The molecule has 0 saturated heterocycles. The summed E-state index contributed by atoms with van der Waals surface area (Å²) in [4.78, 5) is 38.9. The van der Waals surface area contributed by atoms with E-state index in [1.54, 1.807) is 36.6 Å². The molecule has 8 heteroatoms. The third kappa shape index (κ3) is 3.43. The molecular weight excluding hydrogens is 409 g/mol. The highest BCUT2D eigenvalue weighted by Crippen LogP contribution is 2.32. The van der Waals surface area contributed by atoms with Gasteiger partial charge in [-0.25, -0.2) is 0 Å².